The van der Waals surface area contributed by atoms with Crippen molar-refractivity contribution in [3.8, 4) is 11.5 Å². The number of imidazole rings is 1. The van der Waals surface area contributed by atoms with Crippen LogP contribution in [0.3, 0.4) is 0 Å². The maximum atomic E-state index is 12.9. The highest BCUT2D eigenvalue weighted by molar-refractivity contribution is 6.04. The predicted octanol–water partition coefficient (Wildman–Crippen LogP) is 3.74. The first-order valence-corrected chi connectivity index (χ1v) is 7.93. The first-order chi connectivity index (χ1) is 12.5. The Balaban J connectivity index is 1.71. The highest BCUT2D eigenvalue weighted by Crippen LogP contribution is 2.25. The number of carbonyl (C=O) groups is 1. The molecule has 2 aromatic carbocycles. The molecule has 5 nitrogen and oxygen atoms in total. The summed E-state index contributed by atoms with van der Waals surface area (Å²) in [5, 5.41) is 9.97. The molecule has 0 fully saturated rings. The van der Waals surface area contributed by atoms with Gasteiger partial charge in [-0.05, 0) is 48.0 Å². The van der Waals surface area contributed by atoms with Gasteiger partial charge in [-0.15, -0.1) is 0 Å². The van der Waals surface area contributed by atoms with Gasteiger partial charge in [0, 0.05) is 25.0 Å². The Hall–Kier alpha value is -3.41. The number of halogens is 1. The molecule has 0 saturated heterocycles. The van der Waals surface area contributed by atoms with Crippen LogP contribution in [0.1, 0.15) is 21.7 Å². The summed E-state index contributed by atoms with van der Waals surface area (Å²) in [7, 11) is 1.73. The van der Waals surface area contributed by atoms with Gasteiger partial charge in [0.1, 0.15) is 23.9 Å². The van der Waals surface area contributed by atoms with Crippen molar-refractivity contribution in [3.05, 3.63) is 83.7 Å². The van der Waals surface area contributed by atoms with Crippen molar-refractivity contribution in [1.29, 1.82) is 0 Å². The van der Waals surface area contributed by atoms with E-state index < -0.39 is 0 Å². The molecule has 0 aliphatic rings. The Morgan fingerprint density at radius 1 is 1.27 bits per heavy atom. The molecule has 0 atom stereocenters. The van der Waals surface area contributed by atoms with Gasteiger partial charge in [-0.1, -0.05) is 12.1 Å². The molecule has 1 heterocycles. The first kappa shape index (κ1) is 17.4. The molecule has 0 aliphatic carbocycles. The molecule has 3 aromatic rings. The van der Waals surface area contributed by atoms with E-state index in [0.29, 0.717) is 17.1 Å². The van der Waals surface area contributed by atoms with Gasteiger partial charge in [0.05, 0.1) is 0 Å². The van der Waals surface area contributed by atoms with Gasteiger partial charge in [0.15, 0.2) is 5.82 Å². The average Bonchev–Trinajstić information content (AvgIpc) is 3.07. The number of ether oxygens (including phenoxy) is 1. The predicted molar refractivity (Wildman–Crippen MR) is 95.4 cm³/mol. The number of carbonyl (C=O) groups excluding carboxylic acids is 1. The zero-order valence-electron chi connectivity index (χ0n) is 14.1. The molecule has 3 rings (SSSR count). The summed E-state index contributed by atoms with van der Waals surface area (Å²) in [6, 6.07) is 10.8. The topological polar surface area (TPSA) is 64.4 Å². The van der Waals surface area contributed by atoms with Crippen LogP contribution in [-0.4, -0.2) is 20.4 Å². The monoisotopic (exact) mass is 352 g/mol. The van der Waals surface area contributed by atoms with E-state index in [4.69, 9.17) is 4.74 Å². The number of aromatic hydroxyl groups is 1. The number of allylic oxidation sites excluding steroid dienone is 1. The van der Waals surface area contributed by atoms with Gasteiger partial charge in [-0.2, -0.15) is 0 Å². The lowest BCUT2D eigenvalue weighted by Crippen LogP contribution is -2.03. The summed E-state index contributed by atoms with van der Waals surface area (Å²) in [6.07, 6.45) is 6.09. The first-order valence-electron chi connectivity index (χ1n) is 7.93. The number of aromatic nitrogens is 2. The van der Waals surface area contributed by atoms with Crippen molar-refractivity contribution >= 4 is 11.9 Å². The number of phenolic OH excluding ortho intramolecular Hbond substituents is 1. The lowest BCUT2D eigenvalue weighted by atomic mass is 10.1. The number of hydrogen-bond donors (Lipinski definition) is 1. The fraction of sp³-hybridized carbons (Fsp3) is 0.100. The summed E-state index contributed by atoms with van der Waals surface area (Å²) in [4.78, 5) is 16.1. The average molecular weight is 352 g/mol. The molecule has 0 spiro atoms. The highest BCUT2D eigenvalue weighted by Gasteiger charge is 2.08. The molecule has 0 saturated carbocycles. The molecule has 26 heavy (non-hydrogen) atoms. The second-order valence-corrected chi connectivity index (χ2v) is 5.70. The van der Waals surface area contributed by atoms with E-state index in [1.165, 1.54) is 30.4 Å². The normalized spacial score (nSPS) is 11.0. The Bertz CT molecular complexity index is 946. The summed E-state index contributed by atoms with van der Waals surface area (Å²) < 4.78 is 20.2. The van der Waals surface area contributed by atoms with Crippen LogP contribution >= 0.6 is 0 Å². The Morgan fingerprint density at radius 2 is 2.04 bits per heavy atom. The van der Waals surface area contributed by atoms with Crippen molar-refractivity contribution in [1.82, 2.24) is 9.55 Å². The van der Waals surface area contributed by atoms with E-state index in [9.17, 15) is 14.3 Å². The molecule has 0 radical (unpaired) electrons. The van der Waals surface area contributed by atoms with Gasteiger partial charge in [-0.25, -0.2) is 9.37 Å². The highest BCUT2D eigenvalue weighted by atomic mass is 19.1. The van der Waals surface area contributed by atoms with Crippen molar-refractivity contribution < 1.29 is 19.0 Å². The van der Waals surface area contributed by atoms with Crippen molar-refractivity contribution in [3.63, 3.8) is 0 Å². The van der Waals surface area contributed by atoms with Gasteiger partial charge in [-0.3, -0.25) is 4.79 Å². The fourth-order valence-corrected chi connectivity index (χ4v) is 2.35. The zero-order chi connectivity index (χ0) is 18.5. The lowest BCUT2D eigenvalue weighted by Gasteiger charge is -2.08. The van der Waals surface area contributed by atoms with E-state index in [-0.39, 0.29) is 24.0 Å². The zero-order valence-corrected chi connectivity index (χ0v) is 14.1. The maximum Gasteiger partial charge on any atom is 0.221 e. The largest absolute Gasteiger partial charge is 0.507 e. The third kappa shape index (κ3) is 4.16. The van der Waals surface area contributed by atoms with E-state index in [0.717, 1.165) is 5.56 Å². The number of rotatable bonds is 6. The number of nitrogens with zero attached hydrogens (tertiary/aromatic N) is 2. The fourth-order valence-electron chi connectivity index (χ4n) is 2.35. The Morgan fingerprint density at radius 3 is 2.73 bits per heavy atom. The molecule has 0 bridgehead atoms. The van der Waals surface area contributed by atoms with E-state index >= 15 is 0 Å². The van der Waals surface area contributed by atoms with Gasteiger partial charge in [0.25, 0.3) is 0 Å². The molecule has 0 amide bonds. The van der Waals surface area contributed by atoms with Crippen molar-refractivity contribution in [2.45, 2.75) is 6.61 Å². The van der Waals surface area contributed by atoms with Crippen LogP contribution in [0.2, 0.25) is 0 Å². The Kier molecular flexibility index (Phi) is 5.12. The summed E-state index contributed by atoms with van der Waals surface area (Å²) >= 11 is 0. The standard InChI is InChI=1S/C20H17FN2O3/c1-23-11-10-22-20(23)19(25)8-4-15-12-17(7-9-18(15)24)26-13-14-2-5-16(21)6-3-14/h2-12,24H,13H2,1H3. The molecule has 1 N–H and O–H groups in total. The van der Waals surface area contributed by atoms with Gasteiger partial charge >= 0.3 is 0 Å². The van der Waals surface area contributed by atoms with Crippen LogP contribution in [0.15, 0.2) is 60.9 Å². The Labute approximate surface area is 150 Å². The smallest absolute Gasteiger partial charge is 0.221 e. The van der Waals surface area contributed by atoms with Crippen LogP contribution in [0.5, 0.6) is 11.5 Å². The minimum absolute atomic E-state index is 0.0306. The van der Waals surface area contributed by atoms with E-state index in [1.54, 1.807) is 48.3 Å². The third-order valence-electron chi connectivity index (χ3n) is 3.77. The maximum absolute atomic E-state index is 12.9. The SMILES string of the molecule is Cn1ccnc1C(=O)C=Cc1cc(OCc2ccc(F)cc2)ccc1O. The van der Waals surface area contributed by atoms with Crippen molar-refractivity contribution in [2.75, 3.05) is 0 Å². The number of aryl methyl sites for hydroxylation is 1. The second kappa shape index (κ2) is 7.65. The quantitative estimate of drug-likeness (QED) is 0.542. The summed E-state index contributed by atoms with van der Waals surface area (Å²) in [5.41, 5.74) is 1.27. The molecule has 6 heteroatoms. The van der Waals surface area contributed by atoms with Crippen LogP contribution < -0.4 is 4.74 Å². The van der Waals surface area contributed by atoms with E-state index in [2.05, 4.69) is 4.98 Å². The van der Waals surface area contributed by atoms with Crippen molar-refractivity contribution in [2.24, 2.45) is 7.05 Å². The van der Waals surface area contributed by atoms with Crippen LogP contribution in [0.25, 0.3) is 6.08 Å². The minimum atomic E-state index is -0.303. The van der Waals surface area contributed by atoms with Crippen LogP contribution in [-0.2, 0) is 13.7 Å². The molecular formula is C20H17FN2O3. The molecular weight excluding hydrogens is 335 g/mol. The number of phenols is 1. The summed E-state index contributed by atoms with van der Waals surface area (Å²) in [5.74, 6) is 0.293. The number of ketones is 1. The molecule has 132 valence electrons. The third-order valence-corrected chi connectivity index (χ3v) is 3.77. The summed E-state index contributed by atoms with van der Waals surface area (Å²) in [6.45, 7) is 0.264. The van der Waals surface area contributed by atoms with Gasteiger partial charge in [0.2, 0.25) is 5.78 Å². The molecule has 1 aromatic heterocycles. The number of benzene rings is 2. The molecule has 0 unspecified atom stereocenters. The second-order valence-electron chi connectivity index (χ2n) is 5.70. The van der Waals surface area contributed by atoms with Crippen LogP contribution in [0, 0.1) is 5.82 Å². The lowest BCUT2D eigenvalue weighted by molar-refractivity contribution is 0.103. The minimum Gasteiger partial charge on any atom is -0.507 e. The number of hydrogen-bond acceptors (Lipinski definition) is 4. The van der Waals surface area contributed by atoms with Gasteiger partial charge < -0.3 is 14.4 Å². The van der Waals surface area contributed by atoms with E-state index in [1.807, 2.05) is 0 Å². The van der Waals surface area contributed by atoms with Crippen LogP contribution in [0.4, 0.5) is 4.39 Å². The molecule has 0 aliphatic heterocycles.